The average Bonchev–Trinajstić information content (AvgIpc) is 2.96. The van der Waals surface area contributed by atoms with E-state index >= 15 is 0 Å². The van der Waals surface area contributed by atoms with Crippen LogP contribution >= 0.6 is 0 Å². The van der Waals surface area contributed by atoms with Crippen LogP contribution in [0.15, 0.2) is 0 Å². The smallest absolute Gasteiger partial charge is 0.311 e. The number of carboxylic acids is 1. The summed E-state index contributed by atoms with van der Waals surface area (Å²) in [4.78, 5) is 11.2. The second kappa shape index (κ2) is 4.75. The zero-order valence-corrected chi connectivity index (χ0v) is 8.41. The van der Waals surface area contributed by atoms with Gasteiger partial charge in [0, 0.05) is 13.2 Å². The summed E-state index contributed by atoms with van der Waals surface area (Å²) in [6.45, 7) is 0.351. The highest BCUT2D eigenvalue weighted by molar-refractivity contribution is 5.75. The first-order chi connectivity index (χ1) is 6.67. The van der Waals surface area contributed by atoms with Crippen LogP contribution in [0.25, 0.3) is 0 Å². The molecular weight excluding hydrogens is 182 g/mol. The molecule has 4 nitrogen and oxygen atoms in total. The van der Waals surface area contributed by atoms with Crippen molar-refractivity contribution in [2.45, 2.75) is 32.1 Å². The van der Waals surface area contributed by atoms with E-state index < -0.39 is 11.4 Å². The lowest BCUT2D eigenvalue weighted by Crippen LogP contribution is -2.40. The molecule has 0 aromatic carbocycles. The number of rotatable bonds is 7. The molecule has 1 aliphatic carbocycles. The van der Waals surface area contributed by atoms with Gasteiger partial charge in [-0.3, -0.25) is 4.79 Å². The Hall–Kier alpha value is -0.610. The maximum Gasteiger partial charge on any atom is 0.311 e. The third kappa shape index (κ3) is 2.25. The molecule has 0 amide bonds. The highest BCUT2D eigenvalue weighted by atomic mass is 16.4. The van der Waals surface area contributed by atoms with E-state index in [1.165, 1.54) is 0 Å². The van der Waals surface area contributed by atoms with Crippen LogP contribution in [0.3, 0.4) is 0 Å². The molecule has 82 valence electrons. The fourth-order valence-corrected chi connectivity index (χ4v) is 2.03. The standard InChI is InChI=1S/C10H19NO3/c11-7-10(9(13)14,8-3-4-8)5-1-2-6-12/h8,12H,1-7,11H2,(H,13,14). The molecule has 4 heteroatoms. The van der Waals surface area contributed by atoms with Gasteiger partial charge in [0.25, 0.3) is 0 Å². The molecule has 1 fully saturated rings. The van der Waals surface area contributed by atoms with Gasteiger partial charge in [0.2, 0.25) is 0 Å². The number of hydrogen-bond donors (Lipinski definition) is 3. The van der Waals surface area contributed by atoms with E-state index in [1.807, 2.05) is 0 Å². The van der Waals surface area contributed by atoms with Crippen molar-refractivity contribution < 1.29 is 15.0 Å². The van der Waals surface area contributed by atoms with Crippen LogP contribution < -0.4 is 5.73 Å². The fourth-order valence-electron chi connectivity index (χ4n) is 2.03. The van der Waals surface area contributed by atoms with Gasteiger partial charge in [0.15, 0.2) is 0 Å². The summed E-state index contributed by atoms with van der Waals surface area (Å²) in [7, 11) is 0. The van der Waals surface area contributed by atoms with E-state index in [0.29, 0.717) is 12.8 Å². The Kier molecular flexibility index (Phi) is 3.89. The predicted molar refractivity (Wildman–Crippen MR) is 52.8 cm³/mol. The molecule has 0 aliphatic heterocycles. The SMILES string of the molecule is NCC(CCCCO)(C(=O)O)C1CC1. The predicted octanol–water partition coefficient (Wildman–Crippen LogP) is 0.589. The van der Waals surface area contributed by atoms with Crippen LogP contribution in [-0.2, 0) is 4.79 Å². The Morgan fingerprint density at radius 3 is 2.43 bits per heavy atom. The monoisotopic (exact) mass is 201 g/mol. The van der Waals surface area contributed by atoms with E-state index in [2.05, 4.69) is 0 Å². The molecule has 1 aliphatic rings. The molecule has 1 unspecified atom stereocenters. The van der Waals surface area contributed by atoms with Gasteiger partial charge in [-0.05, 0) is 38.0 Å². The van der Waals surface area contributed by atoms with Gasteiger partial charge < -0.3 is 15.9 Å². The third-order valence-electron chi connectivity index (χ3n) is 3.18. The van der Waals surface area contributed by atoms with Gasteiger partial charge in [-0.15, -0.1) is 0 Å². The van der Waals surface area contributed by atoms with Gasteiger partial charge in [-0.1, -0.05) is 0 Å². The molecule has 1 rings (SSSR count). The summed E-state index contributed by atoms with van der Waals surface area (Å²) in [6.07, 6.45) is 3.99. The maximum atomic E-state index is 11.2. The van der Waals surface area contributed by atoms with Crippen molar-refractivity contribution >= 4 is 5.97 Å². The topological polar surface area (TPSA) is 83.5 Å². The first-order valence-electron chi connectivity index (χ1n) is 5.21. The Labute approximate surface area is 84.1 Å². The average molecular weight is 201 g/mol. The zero-order chi connectivity index (χ0) is 10.6. The summed E-state index contributed by atoms with van der Waals surface area (Å²) in [5.74, 6) is -0.496. The van der Waals surface area contributed by atoms with Crippen LogP contribution in [0.5, 0.6) is 0 Å². The molecule has 0 bridgehead atoms. The number of aliphatic hydroxyl groups is 1. The summed E-state index contributed by atoms with van der Waals surface area (Å²) < 4.78 is 0. The van der Waals surface area contributed by atoms with Crippen molar-refractivity contribution in [3.63, 3.8) is 0 Å². The number of hydrogen-bond acceptors (Lipinski definition) is 3. The van der Waals surface area contributed by atoms with E-state index in [1.54, 1.807) is 0 Å². The molecule has 0 saturated heterocycles. The third-order valence-corrected chi connectivity index (χ3v) is 3.18. The van der Waals surface area contributed by atoms with Crippen LogP contribution in [0.4, 0.5) is 0 Å². The van der Waals surface area contributed by atoms with Crippen molar-refractivity contribution in [3.8, 4) is 0 Å². The molecule has 1 saturated carbocycles. The summed E-state index contributed by atoms with van der Waals surface area (Å²) in [5.41, 5.74) is 4.88. The number of unbranched alkanes of at least 4 members (excludes halogenated alkanes) is 1. The Balaban J connectivity index is 2.54. The minimum absolute atomic E-state index is 0.130. The zero-order valence-electron chi connectivity index (χ0n) is 8.41. The number of aliphatic hydroxyl groups excluding tert-OH is 1. The Morgan fingerprint density at radius 1 is 1.43 bits per heavy atom. The number of carboxylic acid groups (broad SMARTS) is 1. The van der Waals surface area contributed by atoms with Gasteiger partial charge in [0.1, 0.15) is 0 Å². The minimum atomic E-state index is -0.763. The fraction of sp³-hybridized carbons (Fsp3) is 0.900. The van der Waals surface area contributed by atoms with Gasteiger partial charge in [-0.2, -0.15) is 0 Å². The summed E-state index contributed by atoms with van der Waals surface area (Å²) in [6, 6.07) is 0. The van der Waals surface area contributed by atoms with Crippen molar-refractivity contribution in [2.75, 3.05) is 13.2 Å². The van der Waals surface area contributed by atoms with Crippen molar-refractivity contribution in [1.29, 1.82) is 0 Å². The lowest BCUT2D eigenvalue weighted by atomic mass is 9.78. The van der Waals surface area contributed by atoms with Crippen LogP contribution in [0.2, 0.25) is 0 Å². The van der Waals surface area contributed by atoms with Gasteiger partial charge >= 0.3 is 5.97 Å². The first-order valence-corrected chi connectivity index (χ1v) is 5.21. The Morgan fingerprint density at radius 2 is 2.07 bits per heavy atom. The molecule has 4 N–H and O–H groups in total. The molecule has 0 aromatic heterocycles. The Bertz CT molecular complexity index is 204. The second-order valence-corrected chi connectivity index (χ2v) is 4.12. The van der Waals surface area contributed by atoms with Crippen molar-refractivity contribution in [1.82, 2.24) is 0 Å². The van der Waals surface area contributed by atoms with Crippen molar-refractivity contribution in [3.05, 3.63) is 0 Å². The lowest BCUT2D eigenvalue weighted by molar-refractivity contribution is -0.150. The molecular formula is C10H19NO3. The normalized spacial score (nSPS) is 20.4. The number of nitrogens with two attached hydrogens (primary N) is 1. The molecule has 14 heavy (non-hydrogen) atoms. The van der Waals surface area contributed by atoms with Gasteiger partial charge in [0.05, 0.1) is 5.41 Å². The maximum absolute atomic E-state index is 11.2. The summed E-state index contributed by atoms with van der Waals surface area (Å²) >= 11 is 0. The van der Waals surface area contributed by atoms with Crippen LogP contribution in [0.1, 0.15) is 32.1 Å². The molecule has 0 radical (unpaired) electrons. The van der Waals surface area contributed by atoms with Crippen molar-refractivity contribution in [2.24, 2.45) is 17.1 Å². The molecule has 0 aromatic rings. The highest BCUT2D eigenvalue weighted by Gasteiger charge is 2.49. The second-order valence-electron chi connectivity index (χ2n) is 4.12. The lowest BCUT2D eigenvalue weighted by Gasteiger charge is -2.27. The quantitative estimate of drug-likeness (QED) is 0.526. The van der Waals surface area contributed by atoms with Crippen LogP contribution in [-0.4, -0.2) is 29.3 Å². The van der Waals surface area contributed by atoms with Crippen LogP contribution in [0, 0.1) is 11.3 Å². The largest absolute Gasteiger partial charge is 0.481 e. The molecule has 0 heterocycles. The number of aliphatic carboxylic acids is 1. The van der Waals surface area contributed by atoms with E-state index in [9.17, 15) is 9.90 Å². The van der Waals surface area contributed by atoms with Gasteiger partial charge in [-0.25, -0.2) is 0 Å². The highest BCUT2D eigenvalue weighted by Crippen LogP contribution is 2.48. The van der Waals surface area contributed by atoms with E-state index in [-0.39, 0.29) is 19.1 Å². The minimum Gasteiger partial charge on any atom is -0.481 e. The first kappa shape index (κ1) is 11.5. The summed E-state index contributed by atoms with van der Waals surface area (Å²) in [5, 5.41) is 17.8. The number of carbonyl (C=O) groups is 1. The molecule has 0 spiro atoms. The molecule has 1 atom stereocenters. The van der Waals surface area contributed by atoms with E-state index in [0.717, 1.165) is 19.3 Å². The van der Waals surface area contributed by atoms with E-state index in [4.69, 9.17) is 10.8 Å².